The lowest BCUT2D eigenvalue weighted by Crippen LogP contribution is -2.52. The molecule has 21 heteroatoms. The van der Waals surface area contributed by atoms with Crippen LogP contribution in [-0.4, -0.2) is 80.2 Å². The zero-order valence-corrected chi connectivity index (χ0v) is 41.1. The highest BCUT2D eigenvalue weighted by Gasteiger charge is 2.59. The smallest absolute Gasteiger partial charge is 0.458 e. The molecule has 356 valence electrons. The van der Waals surface area contributed by atoms with E-state index in [1.54, 1.807) is 25.1 Å². The summed E-state index contributed by atoms with van der Waals surface area (Å²) < 4.78 is 60.8. The molecule has 2 aromatic heterocycles. The van der Waals surface area contributed by atoms with Crippen molar-refractivity contribution in [1.29, 1.82) is 0 Å². The van der Waals surface area contributed by atoms with Crippen LogP contribution in [0.1, 0.15) is 71.8 Å². The molecule has 2 saturated heterocycles. The average molecular weight is 1070 g/mol. The Hall–Kier alpha value is -4.77. The van der Waals surface area contributed by atoms with Crippen molar-refractivity contribution in [3.05, 3.63) is 170 Å². The topological polar surface area (TPSA) is 226 Å². The third-order valence-electron chi connectivity index (χ3n) is 11.5. The Morgan fingerprint density at radius 2 is 1.46 bits per heavy atom. The Kier molecular flexibility index (Phi) is 15.9. The van der Waals surface area contributed by atoms with E-state index in [0.717, 1.165) is 38.1 Å². The summed E-state index contributed by atoms with van der Waals surface area (Å²) in [5, 5.41) is -0.685. The SMILES string of the molecule is COP(=O)(OC[C@H]1O[C@@H](n2cc(C)c(=O)[nH]c2=O)C[C@@H]1OCc1ccccc1)O[C@H]1C[C@H](n2cc(C)c(=O)[nH]c2=O)O[C@@]1(COC(=O)c1ccccc1)C(=O)SCC(C)(C)c1ccccc1I. The molecular weight excluding hydrogens is 1020 g/mol. The number of aromatic amines is 2. The first-order valence-corrected chi connectivity index (χ1v) is 24.7. The number of H-pyrrole nitrogens is 2. The molecule has 0 bridgehead atoms. The fourth-order valence-electron chi connectivity index (χ4n) is 7.71. The van der Waals surface area contributed by atoms with Crippen LogP contribution in [-0.2, 0) is 53.9 Å². The van der Waals surface area contributed by atoms with Gasteiger partial charge in [-0.3, -0.25) is 47.1 Å². The summed E-state index contributed by atoms with van der Waals surface area (Å²) in [6.45, 7) is 5.85. The molecule has 18 nitrogen and oxygen atoms in total. The van der Waals surface area contributed by atoms with Crippen LogP contribution in [0.5, 0.6) is 0 Å². The molecule has 67 heavy (non-hydrogen) atoms. The van der Waals surface area contributed by atoms with E-state index in [-0.39, 0.29) is 41.9 Å². The number of rotatable bonds is 18. The number of aryl methyl sites for hydroxylation is 2. The minimum Gasteiger partial charge on any atom is -0.458 e. The van der Waals surface area contributed by atoms with Crippen LogP contribution < -0.4 is 22.5 Å². The lowest BCUT2D eigenvalue weighted by Gasteiger charge is -2.34. The standard InChI is InChI=1S/C46H50IN4O14PS/c1-28-22-50(43(56)48-39(28)52)37-20-34(60-24-30-14-8-6-9-15-30)35(63-37)25-62-66(58,59-5)65-36-21-38(51-23-29(2)40(53)49-44(51)57)64-46(36,26-61-41(54)31-16-10-7-11-17-31)42(55)67-27-45(3,4)32-18-12-13-19-33(32)47/h6-19,22-23,34-38H,20-21,24-27H2,1-5H3,(H,48,52,56)(H,49,53,57)/t34-,35+,36-,37+,38+,46+,66?/m0/s1. The number of halogens is 1. The van der Waals surface area contributed by atoms with Crippen LogP contribution in [0.15, 0.2) is 117 Å². The van der Waals surface area contributed by atoms with Gasteiger partial charge in [0.2, 0.25) is 5.12 Å². The van der Waals surface area contributed by atoms with Gasteiger partial charge in [-0.2, -0.15) is 0 Å². The highest BCUT2D eigenvalue weighted by molar-refractivity contribution is 14.1. The summed E-state index contributed by atoms with van der Waals surface area (Å²) in [5.41, 5.74) is -3.23. The van der Waals surface area contributed by atoms with Crippen molar-refractivity contribution in [3.8, 4) is 0 Å². The van der Waals surface area contributed by atoms with Crippen LogP contribution in [0.4, 0.5) is 0 Å². The number of nitrogens with one attached hydrogen (secondary N) is 2. The first kappa shape index (κ1) is 50.1. The molecule has 5 aromatic rings. The lowest BCUT2D eigenvalue weighted by molar-refractivity contribution is -0.155. The number of thioether (sulfide) groups is 1. The molecule has 0 radical (unpaired) electrons. The van der Waals surface area contributed by atoms with Gasteiger partial charge < -0.3 is 18.9 Å². The molecule has 2 N–H and O–H groups in total. The zero-order valence-electron chi connectivity index (χ0n) is 37.2. The van der Waals surface area contributed by atoms with E-state index >= 15 is 4.79 Å². The summed E-state index contributed by atoms with van der Waals surface area (Å²) in [4.78, 5) is 84.1. The second-order valence-corrected chi connectivity index (χ2v) is 20.6. The molecular formula is C46H50IN4O14PS. The zero-order chi connectivity index (χ0) is 48.1. The van der Waals surface area contributed by atoms with E-state index in [0.29, 0.717) is 0 Å². The summed E-state index contributed by atoms with van der Waals surface area (Å²) in [7, 11) is -3.70. The normalized spacial score (nSPS) is 22.6. The van der Waals surface area contributed by atoms with Gasteiger partial charge in [0.15, 0.2) is 5.60 Å². The molecule has 4 heterocycles. The molecule has 2 aliphatic rings. The first-order chi connectivity index (χ1) is 31.9. The number of phosphoric acid groups is 1. The maximum Gasteiger partial charge on any atom is 0.474 e. The van der Waals surface area contributed by atoms with E-state index in [1.165, 1.54) is 36.0 Å². The molecule has 7 rings (SSSR count). The van der Waals surface area contributed by atoms with Crippen molar-refractivity contribution in [2.24, 2.45) is 0 Å². The van der Waals surface area contributed by atoms with Crippen LogP contribution in [0, 0.1) is 17.4 Å². The number of carbonyl (C=O) groups excluding carboxylic acids is 2. The number of esters is 1. The van der Waals surface area contributed by atoms with Crippen molar-refractivity contribution >= 4 is 53.3 Å². The van der Waals surface area contributed by atoms with Gasteiger partial charge in [0.25, 0.3) is 11.1 Å². The molecule has 2 fully saturated rings. The van der Waals surface area contributed by atoms with E-state index in [4.69, 9.17) is 32.5 Å². The highest BCUT2D eigenvalue weighted by atomic mass is 127. The number of hydrogen-bond donors (Lipinski definition) is 2. The van der Waals surface area contributed by atoms with Crippen molar-refractivity contribution in [1.82, 2.24) is 19.1 Å². The van der Waals surface area contributed by atoms with Crippen molar-refractivity contribution in [2.45, 2.75) is 88.9 Å². The van der Waals surface area contributed by atoms with Gasteiger partial charge in [0.05, 0.1) is 24.9 Å². The van der Waals surface area contributed by atoms with Crippen LogP contribution in [0.25, 0.3) is 0 Å². The monoisotopic (exact) mass is 1070 g/mol. The number of aromatic nitrogens is 4. The second-order valence-electron chi connectivity index (χ2n) is 16.8. The predicted molar refractivity (Wildman–Crippen MR) is 255 cm³/mol. The Labute approximate surface area is 402 Å². The second kappa shape index (κ2) is 21.3. The van der Waals surface area contributed by atoms with Gasteiger partial charge in [0.1, 0.15) is 31.3 Å². The minimum absolute atomic E-state index is 0.121. The van der Waals surface area contributed by atoms with Gasteiger partial charge >= 0.3 is 25.2 Å². The molecule has 1 unspecified atom stereocenters. The van der Waals surface area contributed by atoms with Crippen LogP contribution >= 0.6 is 42.2 Å². The summed E-state index contributed by atoms with van der Waals surface area (Å²) in [6, 6.07) is 25.1. The van der Waals surface area contributed by atoms with Gasteiger partial charge in [-0.15, -0.1) is 0 Å². The largest absolute Gasteiger partial charge is 0.474 e. The lowest BCUT2D eigenvalue weighted by atomic mass is 9.87. The first-order valence-electron chi connectivity index (χ1n) is 21.2. The molecule has 0 amide bonds. The summed E-state index contributed by atoms with van der Waals surface area (Å²) in [6.07, 6.45) is -3.20. The Bertz CT molecular complexity index is 2870. The number of phosphoric ester groups is 1. The van der Waals surface area contributed by atoms with Crippen molar-refractivity contribution in [3.63, 3.8) is 0 Å². The van der Waals surface area contributed by atoms with Crippen LogP contribution in [0.2, 0.25) is 0 Å². The van der Waals surface area contributed by atoms with Gasteiger partial charge in [-0.25, -0.2) is 18.9 Å². The third kappa shape index (κ3) is 11.6. The summed E-state index contributed by atoms with van der Waals surface area (Å²) >= 11 is 3.10. The Morgan fingerprint density at radius 1 is 0.866 bits per heavy atom. The number of ether oxygens (including phenoxy) is 4. The molecule has 2 aliphatic heterocycles. The van der Waals surface area contributed by atoms with Gasteiger partial charge in [-0.05, 0) is 65.8 Å². The summed E-state index contributed by atoms with van der Waals surface area (Å²) in [5.74, 6) is -0.614. The van der Waals surface area contributed by atoms with Crippen LogP contribution in [0.3, 0.4) is 0 Å². The fourth-order valence-corrected chi connectivity index (χ4v) is 11.1. The fraction of sp³-hybridized carbons (Fsp3) is 0.391. The minimum atomic E-state index is -4.78. The molecule has 3 aromatic carbocycles. The molecule has 7 atom stereocenters. The van der Waals surface area contributed by atoms with E-state index < -0.39 is 96.4 Å². The van der Waals surface area contributed by atoms with E-state index in [2.05, 4.69) is 32.6 Å². The van der Waals surface area contributed by atoms with Gasteiger partial charge in [0, 0.05) is 58.2 Å². The van der Waals surface area contributed by atoms with Crippen molar-refractivity contribution < 1.29 is 46.7 Å². The highest BCUT2D eigenvalue weighted by Crippen LogP contribution is 2.56. The molecule has 0 aliphatic carbocycles. The number of benzene rings is 3. The third-order valence-corrected chi connectivity index (χ3v) is 15.3. The molecule has 0 saturated carbocycles. The van der Waals surface area contributed by atoms with Crippen molar-refractivity contribution in [2.75, 3.05) is 26.1 Å². The maximum atomic E-state index is 15.1. The predicted octanol–water partition coefficient (Wildman–Crippen LogP) is 6.09. The quantitative estimate of drug-likeness (QED) is 0.0575. The Balaban J connectivity index is 1.22. The van der Waals surface area contributed by atoms with E-state index in [9.17, 15) is 28.5 Å². The number of carbonyl (C=O) groups is 2. The number of hydrogen-bond acceptors (Lipinski definition) is 15. The van der Waals surface area contributed by atoms with Gasteiger partial charge in [-0.1, -0.05) is 92.3 Å². The Morgan fingerprint density at radius 3 is 2.09 bits per heavy atom. The average Bonchev–Trinajstić information content (AvgIpc) is 3.90. The number of nitrogens with zero attached hydrogens (tertiary/aromatic N) is 2. The van der Waals surface area contributed by atoms with E-state index in [1.807, 2.05) is 68.4 Å². The molecule has 0 spiro atoms. The maximum absolute atomic E-state index is 15.1.